The van der Waals surface area contributed by atoms with Crippen LogP contribution in [0.15, 0.2) is 72.8 Å². The number of aromatic amines is 1. The Labute approximate surface area is 199 Å². The lowest BCUT2D eigenvalue weighted by molar-refractivity contribution is 0.0730. The zero-order valence-electron chi connectivity index (χ0n) is 19.5. The highest BCUT2D eigenvalue weighted by Crippen LogP contribution is 2.45. The lowest BCUT2D eigenvalue weighted by atomic mass is 9.95. The van der Waals surface area contributed by atoms with Gasteiger partial charge in [0.25, 0.3) is 5.91 Å². The van der Waals surface area contributed by atoms with E-state index in [2.05, 4.69) is 29.3 Å². The Kier molecular flexibility index (Phi) is 5.80. The van der Waals surface area contributed by atoms with Crippen LogP contribution in [-0.4, -0.2) is 34.7 Å². The van der Waals surface area contributed by atoms with Crippen LogP contribution in [0.5, 0.6) is 11.5 Å². The summed E-state index contributed by atoms with van der Waals surface area (Å²) in [5.41, 5.74) is 6.36. The highest BCUT2D eigenvalue weighted by atomic mass is 16.5. The van der Waals surface area contributed by atoms with Crippen molar-refractivity contribution in [1.29, 1.82) is 0 Å². The molecule has 6 nitrogen and oxygen atoms in total. The molecule has 1 amide bonds. The Bertz CT molecular complexity index is 1310. The summed E-state index contributed by atoms with van der Waals surface area (Å²) in [6.45, 7) is 5.02. The van der Waals surface area contributed by atoms with Gasteiger partial charge in [0.15, 0.2) is 11.5 Å². The number of carbonyl (C=O) groups excluding carboxylic acids is 1. The smallest absolute Gasteiger partial charge is 0.273 e. The number of aromatic nitrogens is 2. The van der Waals surface area contributed by atoms with E-state index in [1.165, 1.54) is 5.56 Å². The number of benzene rings is 3. The molecule has 0 saturated heterocycles. The standard InChI is InChI=1S/C28H27N3O3/c1-4-34-22-15-14-21(16-23(22)33-3)27-24-25(20-12-10-18(2)11-13-20)29-30-26(24)28(32)31(27)17-19-8-6-5-7-9-19/h5-16,27H,4,17H2,1-3H3,(H,29,30). The molecular weight excluding hydrogens is 426 g/mol. The lowest BCUT2D eigenvalue weighted by Crippen LogP contribution is -2.29. The minimum Gasteiger partial charge on any atom is -0.493 e. The summed E-state index contributed by atoms with van der Waals surface area (Å²) in [7, 11) is 1.63. The van der Waals surface area contributed by atoms with E-state index in [0.29, 0.717) is 30.3 Å². The number of hydrogen-bond donors (Lipinski definition) is 1. The van der Waals surface area contributed by atoms with Gasteiger partial charge in [-0.2, -0.15) is 5.10 Å². The molecular formula is C28H27N3O3. The number of hydrogen-bond acceptors (Lipinski definition) is 4. The van der Waals surface area contributed by atoms with Gasteiger partial charge in [0, 0.05) is 17.7 Å². The van der Waals surface area contributed by atoms with Crippen molar-refractivity contribution in [2.45, 2.75) is 26.4 Å². The molecule has 1 aliphatic heterocycles. The van der Waals surface area contributed by atoms with Crippen LogP contribution in [0.2, 0.25) is 0 Å². The number of rotatable bonds is 7. The number of fused-ring (bicyclic) bond motifs is 1. The molecule has 0 radical (unpaired) electrons. The number of nitrogens with one attached hydrogen (secondary N) is 1. The maximum atomic E-state index is 13.6. The minimum absolute atomic E-state index is 0.0671. The largest absolute Gasteiger partial charge is 0.493 e. The summed E-state index contributed by atoms with van der Waals surface area (Å²) < 4.78 is 11.3. The van der Waals surface area contributed by atoms with Gasteiger partial charge in [-0.25, -0.2) is 0 Å². The van der Waals surface area contributed by atoms with Crippen molar-refractivity contribution in [2.24, 2.45) is 0 Å². The van der Waals surface area contributed by atoms with E-state index in [-0.39, 0.29) is 11.9 Å². The summed E-state index contributed by atoms with van der Waals surface area (Å²) in [4.78, 5) is 15.5. The average Bonchev–Trinajstić information content (AvgIpc) is 3.40. The molecule has 5 rings (SSSR count). The van der Waals surface area contributed by atoms with Gasteiger partial charge in [-0.1, -0.05) is 66.2 Å². The molecule has 0 bridgehead atoms. The van der Waals surface area contributed by atoms with Crippen LogP contribution < -0.4 is 9.47 Å². The number of H-pyrrole nitrogens is 1. The molecule has 0 saturated carbocycles. The van der Waals surface area contributed by atoms with E-state index in [1.807, 2.05) is 72.5 Å². The second-order valence-corrected chi connectivity index (χ2v) is 8.39. The second-order valence-electron chi connectivity index (χ2n) is 8.39. The highest BCUT2D eigenvalue weighted by molar-refractivity contribution is 6.00. The predicted molar refractivity (Wildman–Crippen MR) is 131 cm³/mol. The quantitative estimate of drug-likeness (QED) is 0.399. The maximum absolute atomic E-state index is 13.6. The van der Waals surface area contributed by atoms with Crippen LogP contribution in [0.3, 0.4) is 0 Å². The van der Waals surface area contributed by atoms with Crippen molar-refractivity contribution < 1.29 is 14.3 Å². The van der Waals surface area contributed by atoms with Crippen LogP contribution >= 0.6 is 0 Å². The molecule has 6 heteroatoms. The Hall–Kier alpha value is -4.06. The van der Waals surface area contributed by atoms with Crippen LogP contribution in [0.4, 0.5) is 0 Å². The Morgan fingerprint density at radius 1 is 1.00 bits per heavy atom. The third-order valence-electron chi connectivity index (χ3n) is 6.19. The topological polar surface area (TPSA) is 67.5 Å². The number of ether oxygens (including phenoxy) is 2. The number of carbonyl (C=O) groups is 1. The molecule has 0 aliphatic carbocycles. The Morgan fingerprint density at radius 3 is 2.47 bits per heavy atom. The van der Waals surface area contributed by atoms with Gasteiger partial charge in [-0.05, 0) is 37.1 Å². The van der Waals surface area contributed by atoms with E-state index in [4.69, 9.17) is 9.47 Å². The molecule has 1 aromatic heterocycles. The van der Waals surface area contributed by atoms with Gasteiger partial charge in [0.1, 0.15) is 5.69 Å². The van der Waals surface area contributed by atoms with E-state index in [1.54, 1.807) is 7.11 Å². The SMILES string of the molecule is CCOc1ccc(C2c3c(-c4ccc(C)cc4)n[nH]c3C(=O)N2Cc2ccccc2)cc1OC. The van der Waals surface area contributed by atoms with Gasteiger partial charge in [-0.15, -0.1) is 0 Å². The van der Waals surface area contributed by atoms with Gasteiger partial charge >= 0.3 is 0 Å². The van der Waals surface area contributed by atoms with Crippen molar-refractivity contribution in [3.8, 4) is 22.8 Å². The maximum Gasteiger partial charge on any atom is 0.273 e. The monoisotopic (exact) mass is 453 g/mol. The Balaban J connectivity index is 1.65. The lowest BCUT2D eigenvalue weighted by Gasteiger charge is -2.27. The molecule has 0 fully saturated rings. The van der Waals surface area contributed by atoms with Gasteiger partial charge in [-0.3, -0.25) is 9.89 Å². The first-order chi connectivity index (χ1) is 16.6. The van der Waals surface area contributed by atoms with Crippen molar-refractivity contribution in [2.75, 3.05) is 13.7 Å². The van der Waals surface area contributed by atoms with E-state index in [9.17, 15) is 4.79 Å². The summed E-state index contributed by atoms with van der Waals surface area (Å²) in [5, 5.41) is 7.59. The molecule has 4 aromatic rings. The van der Waals surface area contributed by atoms with Crippen LogP contribution in [0, 0.1) is 6.92 Å². The first-order valence-corrected chi connectivity index (χ1v) is 11.4. The van der Waals surface area contributed by atoms with Crippen molar-refractivity contribution in [3.05, 3.63) is 101 Å². The first kappa shape index (κ1) is 21.8. The van der Waals surface area contributed by atoms with Gasteiger partial charge in [0.2, 0.25) is 0 Å². The van der Waals surface area contributed by atoms with Crippen LogP contribution in [0.1, 0.15) is 45.7 Å². The number of methoxy groups -OCH3 is 1. The molecule has 1 N–H and O–H groups in total. The minimum atomic E-state index is -0.317. The summed E-state index contributed by atoms with van der Waals surface area (Å²) in [6, 6.07) is 23.8. The average molecular weight is 454 g/mol. The fourth-order valence-corrected chi connectivity index (χ4v) is 4.55. The number of aryl methyl sites for hydroxylation is 1. The van der Waals surface area contributed by atoms with E-state index >= 15 is 0 Å². The fourth-order valence-electron chi connectivity index (χ4n) is 4.55. The molecule has 2 heterocycles. The third-order valence-corrected chi connectivity index (χ3v) is 6.19. The van der Waals surface area contributed by atoms with E-state index < -0.39 is 0 Å². The van der Waals surface area contributed by atoms with Crippen molar-refractivity contribution >= 4 is 5.91 Å². The Morgan fingerprint density at radius 2 is 1.76 bits per heavy atom. The molecule has 34 heavy (non-hydrogen) atoms. The molecule has 172 valence electrons. The third kappa shape index (κ3) is 3.81. The van der Waals surface area contributed by atoms with Gasteiger partial charge in [0.05, 0.1) is 25.5 Å². The van der Waals surface area contributed by atoms with Crippen molar-refractivity contribution in [1.82, 2.24) is 15.1 Å². The molecule has 1 atom stereocenters. The second kappa shape index (κ2) is 9.06. The molecule has 0 spiro atoms. The zero-order valence-corrected chi connectivity index (χ0v) is 19.5. The number of nitrogens with zero attached hydrogens (tertiary/aromatic N) is 2. The summed E-state index contributed by atoms with van der Waals surface area (Å²) in [6.07, 6.45) is 0. The molecule has 3 aromatic carbocycles. The summed E-state index contributed by atoms with van der Waals surface area (Å²) >= 11 is 0. The first-order valence-electron chi connectivity index (χ1n) is 11.4. The van der Waals surface area contributed by atoms with Crippen molar-refractivity contribution in [3.63, 3.8) is 0 Å². The molecule has 1 aliphatic rings. The number of amides is 1. The predicted octanol–water partition coefficient (Wildman–Crippen LogP) is 5.54. The molecule has 1 unspecified atom stereocenters. The van der Waals surface area contributed by atoms with E-state index in [0.717, 1.165) is 27.9 Å². The van der Waals surface area contributed by atoms with Crippen LogP contribution in [0.25, 0.3) is 11.3 Å². The normalized spacial score (nSPS) is 14.9. The van der Waals surface area contributed by atoms with Crippen LogP contribution in [-0.2, 0) is 6.54 Å². The zero-order chi connectivity index (χ0) is 23.7. The fraction of sp³-hybridized carbons (Fsp3) is 0.214. The summed E-state index contributed by atoms with van der Waals surface area (Å²) in [5.74, 6) is 1.25. The highest BCUT2D eigenvalue weighted by Gasteiger charge is 2.42. The van der Waals surface area contributed by atoms with Gasteiger partial charge < -0.3 is 14.4 Å².